The lowest BCUT2D eigenvalue weighted by Gasteiger charge is -2.10. The van der Waals surface area contributed by atoms with E-state index in [0.29, 0.717) is 6.54 Å². The maximum atomic E-state index is 12.0. The highest BCUT2D eigenvalue weighted by Crippen LogP contribution is 2.16. The molecule has 2 aromatic rings. The Hall–Kier alpha value is -1.44. The summed E-state index contributed by atoms with van der Waals surface area (Å²) in [5.74, 6) is 0.747. The van der Waals surface area contributed by atoms with Crippen LogP contribution in [0.4, 0.5) is 5.82 Å². The maximum Gasteiger partial charge on any atom is 0.240 e. The average Bonchev–Trinajstić information content (AvgIpc) is 2.46. The first-order valence-corrected chi connectivity index (χ1v) is 8.67. The molecule has 0 spiro atoms. The third-order valence-corrected chi connectivity index (χ3v) is 4.72. The fourth-order valence-corrected chi connectivity index (χ4v) is 3.27. The Labute approximate surface area is 133 Å². The second kappa shape index (κ2) is 7.02. The summed E-state index contributed by atoms with van der Waals surface area (Å²) in [4.78, 5) is 4.50. The molecule has 1 aromatic carbocycles. The first-order chi connectivity index (χ1) is 9.99. The van der Waals surface area contributed by atoms with Gasteiger partial charge in [0.05, 0.1) is 4.90 Å². The second-order valence-corrected chi connectivity index (χ2v) is 7.14. The van der Waals surface area contributed by atoms with Crippen LogP contribution in [0.5, 0.6) is 0 Å². The Morgan fingerprint density at radius 3 is 2.57 bits per heavy atom. The van der Waals surface area contributed by atoms with Gasteiger partial charge in [-0.25, -0.2) is 18.1 Å². The van der Waals surface area contributed by atoms with E-state index in [-0.39, 0.29) is 11.4 Å². The molecule has 7 heteroatoms. The third kappa shape index (κ3) is 4.52. The SMILES string of the molecule is Cc1cc(Br)cnc1NCCNS(=O)(=O)c1ccccc1. The predicted octanol–water partition coefficient (Wildman–Crippen LogP) is 2.54. The Balaban J connectivity index is 1.87. The van der Waals surface area contributed by atoms with Crippen LogP contribution in [-0.2, 0) is 10.0 Å². The van der Waals surface area contributed by atoms with E-state index in [9.17, 15) is 8.42 Å². The average molecular weight is 370 g/mol. The van der Waals surface area contributed by atoms with Gasteiger partial charge in [0.1, 0.15) is 5.82 Å². The van der Waals surface area contributed by atoms with E-state index in [4.69, 9.17) is 0 Å². The molecule has 1 heterocycles. The highest BCUT2D eigenvalue weighted by molar-refractivity contribution is 9.10. The van der Waals surface area contributed by atoms with E-state index in [1.807, 2.05) is 13.0 Å². The molecular weight excluding hydrogens is 354 g/mol. The smallest absolute Gasteiger partial charge is 0.240 e. The Morgan fingerprint density at radius 2 is 1.90 bits per heavy atom. The minimum Gasteiger partial charge on any atom is -0.369 e. The normalized spacial score (nSPS) is 11.3. The van der Waals surface area contributed by atoms with E-state index < -0.39 is 10.0 Å². The lowest BCUT2D eigenvalue weighted by Crippen LogP contribution is -2.29. The highest BCUT2D eigenvalue weighted by atomic mass is 79.9. The number of benzene rings is 1. The van der Waals surface area contributed by atoms with Crippen molar-refractivity contribution in [2.75, 3.05) is 18.4 Å². The lowest BCUT2D eigenvalue weighted by molar-refractivity contribution is 0.583. The van der Waals surface area contributed by atoms with E-state index >= 15 is 0 Å². The standard InChI is InChI=1S/C14H16BrN3O2S/c1-11-9-12(15)10-17-14(11)16-7-8-18-21(19,20)13-5-3-2-4-6-13/h2-6,9-10,18H,7-8H2,1H3,(H,16,17). The number of anilines is 1. The highest BCUT2D eigenvalue weighted by Gasteiger charge is 2.12. The van der Waals surface area contributed by atoms with Gasteiger partial charge in [0, 0.05) is 23.8 Å². The lowest BCUT2D eigenvalue weighted by atomic mass is 10.3. The summed E-state index contributed by atoms with van der Waals surface area (Å²) in [6, 6.07) is 10.3. The Kier molecular flexibility index (Phi) is 5.33. The van der Waals surface area contributed by atoms with Gasteiger partial charge in [-0.1, -0.05) is 18.2 Å². The van der Waals surface area contributed by atoms with Crippen molar-refractivity contribution in [3.05, 3.63) is 52.6 Å². The molecule has 0 aliphatic heterocycles. The van der Waals surface area contributed by atoms with Crippen molar-refractivity contribution in [1.29, 1.82) is 0 Å². The fourth-order valence-electron chi connectivity index (χ4n) is 1.77. The molecule has 5 nitrogen and oxygen atoms in total. The van der Waals surface area contributed by atoms with Crippen LogP contribution >= 0.6 is 15.9 Å². The minimum absolute atomic E-state index is 0.267. The number of hydrogen-bond acceptors (Lipinski definition) is 4. The van der Waals surface area contributed by atoms with Crippen LogP contribution < -0.4 is 10.0 Å². The molecule has 0 saturated carbocycles. The van der Waals surface area contributed by atoms with E-state index in [1.54, 1.807) is 36.5 Å². The second-order valence-electron chi connectivity index (χ2n) is 4.46. The molecule has 0 aliphatic carbocycles. The van der Waals surface area contributed by atoms with E-state index in [2.05, 4.69) is 31.0 Å². The summed E-state index contributed by atoms with van der Waals surface area (Å²) < 4.78 is 27.5. The molecule has 0 unspecified atom stereocenters. The number of pyridine rings is 1. The van der Waals surface area contributed by atoms with Crippen LogP contribution in [0, 0.1) is 6.92 Å². The van der Waals surface area contributed by atoms with Crippen molar-refractivity contribution < 1.29 is 8.42 Å². The maximum absolute atomic E-state index is 12.0. The number of nitrogens with one attached hydrogen (secondary N) is 2. The summed E-state index contributed by atoms with van der Waals surface area (Å²) in [7, 11) is -3.45. The molecule has 0 bridgehead atoms. The first-order valence-electron chi connectivity index (χ1n) is 6.40. The topological polar surface area (TPSA) is 71.1 Å². The summed E-state index contributed by atoms with van der Waals surface area (Å²) in [5.41, 5.74) is 0.996. The van der Waals surface area contributed by atoms with Gasteiger partial charge in [-0.3, -0.25) is 0 Å². The van der Waals surface area contributed by atoms with Crippen LogP contribution in [-0.4, -0.2) is 26.5 Å². The zero-order valence-electron chi connectivity index (χ0n) is 11.5. The van der Waals surface area contributed by atoms with Crippen molar-refractivity contribution in [3.8, 4) is 0 Å². The third-order valence-electron chi connectivity index (χ3n) is 2.81. The number of aromatic nitrogens is 1. The van der Waals surface area contributed by atoms with Gasteiger partial charge in [0.15, 0.2) is 0 Å². The molecule has 112 valence electrons. The quantitative estimate of drug-likeness (QED) is 0.767. The first kappa shape index (κ1) is 15.9. The van der Waals surface area contributed by atoms with Gasteiger partial charge in [-0.15, -0.1) is 0 Å². The molecule has 2 rings (SSSR count). The van der Waals surface area contributed by atoms with Crippen LogP contribution in [0.15, 0.2) is 52.0 Å². The largest absolute Gasteiger partial charge is 0.369 e. The van der Waals surface area contributed by atoms with Gasteiger partial charge in [-0.2, -0.15) is 0 Å². The molecular formula is C14H16BrN3O2S. The summed E-state index contributed by atoms with van der Waals surface area (Å²) in [5, 5.41) is 3.11. The number of aryl methyl sites for hydroxylation is 1. The molecule has 21 heavy (non-hydrogen) atoms. The van der Waals surface area contributed by atoms with Crippen molar-refractivity contribution in [2.45, 2.75) is 11.8 Å². The van der Waals surface area contributed by atoms with Crippen molar-refractivity contribution in [1.82, 2.24) is 9.71 Å². The molecule has 0 aliphatic rings. The van der Waals surface area contributed by atoms with Gasteiger partial charge < -0.3 is 5.32 Å². The molecule has 2 N–H and O–H groups in total. The van der Waals surface area contributed by atoms with Crippen LogP contribution in [0.3, 0.4) is 0 Å². The number of rotatable bonds is 6. The van der Waals surface area contributed by atoms with E-state index in [1.165, 1.54) is 0 Å². The number of hydrogen-bond donors (Lipinski definition) is 2. The van der Waals surface area contributed by atoms with Gasteiger partial charge in [0.2, 0.25) is 10.0 Å². The molecule has 0 radical (unpaired) electrons. The molecule has 0 fully saturated rings. The summed E-state index contributed by atoms with van der Waals surface area (Å²) >= 11 is 3.35. The van der Waals surface area contributed by atoms with Gasteiger partial charge in [0.25, 0.3) is 0 Å². The van der Waals surface area contributed by atoms with Gasteiger partial charge >= 0.3 is 0 Å². The zero-order chi connectivity index (χ0) is 15.3. The van der Waals surface area contributed by atoms with Crippen LogP contribution in [0.2, 0.25) is 0 Å². The van der Waals surface area contributed by atoms with Crippen LogP contribution in [0.25, 0.3) is 0 Å². The zero-order valence-corrected chi connectivity index (χ0v) is 13.9. The van der Waals surface area contributed by atoms with Gasteiger partial charge in [-0.05, 0) is 46.6 Å². The molecule has 0 amide bonds. The van der Waals surface area contributed by atoms with Crippen LogP contribution in [0.1, 0.15) is 5.56 Å². The Bertz CT molecular complexity index is 705. The number of sulfonamides is 1. The number of halogens is 1. The summed E-state index contributed by atoms with van der Waals surface area (Å²) in [6.07, 6.45) is 1.70. The molecule has 0 atom stereocenters. The monoisotopic (exact) mass is 369 g/mol. The fraction of sp³-hybridized carbons (Fsp3) is 0.214. The van der Waals surface area contributed by atoms with Crippen molar-refractivity contribution in [3.63, 3.8) is 0 Å². The molecule has 0 saturated heterocycles. The predicted molar refractivity (Wildman–Crippen MR) is 86.8 cm³/mol. The van der Waals surface area contributed by atoms with E-state index in [0.717, 1.165) is 15.9 Å². The van der Waals surface area contributed by atoms with Crippen molar-refractivity contribution in [2.24, 2.45) is 0 Å². The number of nitrogens with zero attached hydrogens (tertiary/aromatic N) is 1. The molecule has 1 aromatic heterocycles. The summed E-state index contributed by atoms with van der Waals surface area (Å²) in [6.45, 7) is 2.68. The minimum atomic E-state index is -3.45. The Morgan fingerprint density at radius 1 is 1.19 bits per heavy atom. The van der Waals surface area contributed by atoms with Crippen molar-refractivity contribution >= 4 is 31.8 Å².